The van der Waals surface area contributed by atoms with Gasteiger partial charge in [-0.05, 0) is 37.8 Å². The van der Waals surface area contributed by atoms with Crippen molar-refractivity contribution in [2.45, 2.75) is 31.6 Å². The molecule has 0 bridgehead atoms. The van der Waals surface area contributed by atoms with E-state index in [0.717, 1.165) is 62.3 Å². The lowest BCUT2D eigenvalue weighted by molar-refractivity contribution is 0.395. The molecule has 2 fully saturated rings. The second-order valence-electron chi connectivity index (χ2n) is 7.37. The Kier molecular flexibility index (Phi) is 4.42. The quantitative estimate of drug-likeness (QED) is 0.679. The van der Waals surface area contributed by atoms with E-state index in [-0.39, 0.29) is 0 Å². The van der Waals surface area contributed by atoms with Gasteiger partial charge in [0.15, 0.2) is 11.5 Å². The molecule has 2 saturated heterocycles. The Labute approximate surface area is 163 Å². The van der Waals surface area contributed by atoms with Gasteiger partial charge in [0.05, 0.1) is 7.11 Å². The Morgan fingerprint density at radius 3 is 2.57 bits per heavy atom. The molecule has 3 aromatic heterocycles. The number of anilines is 2. The van der Waals surface area contributed by atoms with E-state index in [1.54, 1.807) is 19.4 Å². The summed E-state index contributed by atoms with van der Waals surface area (Å²) in [6.45, 7) is 3.90. The van der Waals surface area contributed by atoms with Gasteiger partial charge >= 0.3 is 0 Å². The summed E-state index contributed by atoms with van der Waals surface area (Å²) < 4.78 is 7.16. The average Bonchev–Trinajstić information content (AvgIpc) is 3.43. The maximum Gasteiger partial charge on any atom is 0.228 e. The van der Waals surface area contributed by atoms with Crippen molar-refractivity contribution in [2.75, 3.05) is 43.1 Å². The van der Waals surface area contributed by atoms with E-state index < -0.39 is 0 Å². The summed E-state index contributed by atoms with van der Waals surface area (Å²) in [5, 5.41) is 13.7. The standard InChI is InChI=1S/C19H24N8O/c1-28-17-6-9-20-19(21-17)26-12-7-14(8-13-26)18-23-22-15-4-5-16(24-27(15)18)25-10-2-3-11-25/h4-6,9,14H,2-3,7-8,10-13H2,1H3. The van der Waals surface area contributed by atoms with Crippen molar-refractivity contribution >= 4 is 17.4 Å². The van der Waals surface area contributed by atoms with Crippen LogP contribution in [0, 0.1) is 0 Å². The van der Waals surface area contributed by atoms with Crippen molar-refractivity contribution in [1.29, 1.82) is 0 Å². The van der Waals surface area contributed by atoms with Gasteiger partial charge in [-0.15, -0.1) is 15.3 Å². The number of hydrogen-bond donors (Lipinski definition) is 0. The summed E-state index contributed by atoms with van der Waals surface area (Å²) in [6.07, 6.45) is 6.15. The minimum atomic E-state index is 0.332. The van der Waals surface area contributed by atoms with Crippen molar-refractivity contribution in [3.8, 4) is 5.88 Å². The van der Waals surface area contributed by atoms with Crippen LogP contribution in [0.1, 0.15) is 37.4 Å². The van der Waals surface area contributed by atoms with Crippen molar-refractivity contribution in [1.82, 2.24) is 29.8 Å². The molecule has 0 amide bonds. The van der Waals surface area contributed by atoms with Crippen LogP contribution in [0.4, 0.5) is 11.8 Å². The Morgan fingerprint density at radius 2 is 1.79 bits per heavy atom. The Hall–Kier alpha value is -2.97. The van der Waals surface area contributed by atoms with E-state index in [9.17, 15) is 0 Å². The molecule has 0 spiro atoms. The van der Waals surface area contributed by atoms with Gasteiger partial charge in [0.2, 0.25) is 11.8 Å². The topological polar surface area (TPSA) is 84.6 Å². The molecule has 9 nitrogen and oxygen atoms in total. The molecule has 146 valence electrons. The Morgan fingerprint density at radius 1 is 0.964 bits per heavy atom. The third-order valence-corrected chi connectivity index (χ3v) is 5.67. The fourth-order valence-corrected chi connectivity index (χ4v) is 4.10. The molecule has 28 heavy (non-hydrogen) atoms. The van der Waals surface area contributed by atoms with E-state index >= 15 is 0 Å². The van der Waals surface area contributed by atoms with Crippen LogP contribution in [0.5, 0.6) is 5.88 Å². The van der Waals surface area contributed by atoms with Crippen LogP contribution in [0.25, 0.3) is 5.65 Å². The Balaban J connectivity index is 1.34. The molecular formula is C19H24N8O. The van der Waals surface area contributed by atoms with Gasteiger partial charge in [-0.25, -0.2) is 4.98 Å². The van der Waals surface area contributed by atoms with Crippen LogP contribution in [-0.4, -0.2) is 63.1 Å². The highest BCUT2D eigenvalue weighted by Crippen LogP contribution is 2.29. The number of rotatable bonds is 4. The first-order chi connectivity index (χ1) is 13.8. The van der Waals surface area contributed by atoms with Crippen LogP contribution in [0.3, 0.4) is 0 Å². The zero-order valence-corrected chi connectivity index (χ0v) is 16.0. The largest absolute Gasteiger partial charge is 0.481 e. The van der Waals surface area contributed by atoms with Crippen molar-refractivity contribution in [2.24, 2.45) is 0 Å². The van der Waals surface area contributed by atoms with Gasteiger partial charge in [-0.3, -0.25) is 0 Å². The van der Waals surface area contributed by atoms with Gasteiger partial charge in [-0.2, -0.15) is 9.50 Å². The first-order valence-corrected chi connectivity index (χ1v) is 9.91. The number of fused-ring (bicyclic) bond motifs is 1. The third-order valence-electron chi connectivity index (χ3n) is 5.67. The number of ether oxygens (including phenoxy) is 1. The number of hydrogen-bond acceptors (Lipinski definition) is 8. The molecule has 3 aromatic rings. The molecule has 5 rings (SSSR count). The molecule has 0 unspecified atom stereocenters. The molecule has 0 aromatic carbocycles. The summed E-state index contributed by atoms with van der Waals surface area (Å²) in [4.78, 5) is 13.4. The minimum Gasteiger partial charge on any atom is -0.481 e. The lowest BCUT2D eigenvalue weighted by Crippen LogP contribution is -2.34. The number of aromatic nitrogens is 6. The minimum absolute atomic E-state index is 0.332. The van der Waals surface area contributed by atoms with E-state index in [1.165, 1.54) is 12.8 Å². The Bertz CT molecular complexity index is 959. The smallest absolute Gasteiger partial charge is 0.228 e. The third kappa shape index (κ3) is 3.10. The van der Waals surface area contributed by atoms with Gasteiger partial charge < -0.3 is 14.5 Å². The molecule has 0 radical (unpaired) electrons. The first kappa shape index (κ1) is 17.2. The predicted molar refractivity (Wildman–Crippen MR) is 105 cm³/mol. The maximum absolute atomic E-state index is 5.22. The van der Waals surface area contributed by atoms with Crippen LogP contribution in [-0.2, 0) is 0 Å². The fourth-order valence-electron chi connectivity index (χ4n) is 4.10. The first-order valence-electron chi connectivity index (χ1n) is 9.91. The van der Waals surface area contributed by atoms with E-state index in [4.69, 9.17) is 9.84 Å². The van der Waals surface area contributed by atoms with Gasteiger partial charge in [0.1, 0.15) is 5.82 Å². The van der Waals surface area contributed by atoms with Crippen molar-refractivity contribution in [3.63, 3.8) is 0 Å². The summed E-state index contributed by atoms with van der Waals surface area (Å²) in [7, 11) is 1.62. The zero-order chi connectivity index (χ0) is 18.9. The number of methoxy groups -OCH3 is 1. The lowest BCUT2D eigenvalue weighted by atomic mass is 9.96. The molecule has 2 aliphatic rings. The number of nitrogens with zero attached hydrogens (tertiary/aromatic N) is 8. The highest BCUT2D eigenvalue weighted by atomic mass is 16.5. The molecule has 5 heterocycles. The fraction of sp³-hybridized carbons (Fsp3) is 0.526. The normalized spacial score (nSPS) is 18.2. The van der Waals surface area contributed by atoms with Crippen LogP contribution in [0.15, 0.2) is 24.4 Å². The second kappa shape index (κ2) is 7.21. The lowest BCUT2D eigenvalue weighted by Gasteiger charge is -2.31. The van der Waals surface area contributed by atoms with E-state index in [0.29, 0.717) is 11.8 Å². The SMILES string of the molecule is COc1ccnc(N2CCC(c3nnc4ccc(N5CCCC5)nn34)CC2)n1. The number of piperidine rings is 1. The average molecular weight is 380 g/mol. The van der Waals surface area contributed by atoms with E-state index in [2.05, 4.69) is 36.0 Å². The predicted octanol–water partition coefficient (Wildman–Crippen LogP) is 1.91. The highest BCUT2D eigenvalue weighted by molar-refractivity contribution is 5.46. The molecular weight excluding hydrogens is 356 g/mol. The molecule has 0 saturated carbocycles. The van der Waals surface area contributed by atoms with Crippen molar-refractivity contribution in [3.05, 3.63) is 30.2 Å². The summed E-state index contributed by atoms with van der Waals surface area (Å²) in [5.41, 5.74) is 0.816. The monoisotopic (exact) mass is 380 g/mol. The van der Waals surface area contributed by atoms with Crippen LogP contribution in [0.2, 0.25) is 0 Å². The van der Waals surface area contributed by atoms with Crippen LogP contribution < -0.4 is 14.5 Å². The summed E-state index contributed by atoms with van der Waals surface area (Å²) in [5.74, 6) is 3.63. The molecule has 0 atom stereocenters. The summed E-state index contributed by atoms with van der Waals surface area (Å²) in [6, 6.07) is 5.85. The van der Waals surface area contributed by atoms with Gasteiger partial charge in [0.25, 0.3) is 0 Å². The zero-order valence-electron chi connectivity index (χ0n) is 16.0. The second-order valence-corrected chi connectivity index (χ2v) is 7.37. The molecule has 9 heteroatoms. The van der Waals surface area contributed by atoms with Crippen molar-refractivity contribution < 1.29 is 4.74 Å². The van der Waals surface area contributed by atoms with Gasteiger partial charge in [0, 0.05) is 44.4 Å². The van der Waals surface area contributed by atoms with E-state index in [1.807, 2.05) is 10.6 Å². The maximum atomic E-state index is 5.22. The molecule has 0 aliphatic carbocycles. The highest BCUT2D eigenvalue weighted by Gasteiger charge is 2.27. The molecule has 2 aliphatic heterocycles. The van der Waals surface area contributed by atoms with Gasteiger partial charge in [-0.1, -0.05) is 0 Å². The summed E-state index contributed by atoms with van der Waals surface area (Å²) >= 11 is 0. The van der Waals surface area contributed by atoms with Crippen LogP contribution >= 0.6 is 0 Å². The molecule has 0 N–H and O–H groups in total.